The number of benzene rings is 4. The van der Waals surface area contributed by atoms with Crippen molar-refractivity contribution in [2.45, 2.75) is 59.3 Å². The second-order valence-electron chi connectivity index (χ2n) is 13.1. The van der Waals surface area contributed by atoms with Crippen LogP contribution < -0.4 is 0 Å². The maximum Gasteiger partial charge on any atom is 0.0604 e. The van der Waals surface area contributed by atoms with E-state index in [4.69, 9.17) is 4.98 Å². The second kappa shape index (κ2) is 12.2. The molecule has 0 unspecified atom stereocenters. The van der Waals surface area contributed by atoms with Gasteiger partial charge in [-0.15, -0.1) is 71.8 Å². The van der Waals surface area contributed by atoms with Gasteiger partial charge in [-0.1, -0.05) is 77.1 Å². The van der Waals surface area contributed by atoms with Gasteiger partial charge in [0.1, 0.15) is 0 Å². The zero-order valence-corrected chi connectivity index (χ0v) is 28.9. The summed E-state index contributed by atoms with van der Waals surface area (Å²) in [5, 5.41) is 1.30. The van der Waals surface area contributed by atoms with Crippen LogP contribution in [-0.2, 0) is 30.9 Å². The fraction of sp³-hybridized carbons (Fsp3) is 0.220. The fourth-order valence-corrected chi connectivity index (χ4v) is 6.33. The van der Waals surface area contributed by atoms with Gasteiger partial charge in [0.25, 0.3) is 0 Å². The third kappa shape index (κ3) is 5.79. The average molecular weight is 751 g/mol. The molecule has 6 aromatic rings. The Balaban J connectivity index is 0.000000194. The minimum absolute atomic E-state index is 0. The Kier molecular flexibility index (Phi) is 8.76. The molecule has 2 nitrogen and oxygen atoms in total. The first-order valence-corrected chi connectivity index (χ1v) is 15.0. The number of pyridine rings is 2. The topological polar surface area (TPSA) is 25.8 Å². The fourth-order valence-electron chi connectivity index (χ4n) is 6.33. The summed E-state index contributed by atoms with van der Waals surface area (Å²) >= 11 is 0. The van der Waals surface area contributed by atoms with Crippen LogP contribution >= 0.6 is 0 Å². The average Bonchev–Trinajstić information content (AvgIpc) is 3.24. The molecule has 0 saturated carbocycles. The molecule has 4 aromatic carbocycles. The monoisotopic (exact) mass is 751 g/mol. The van der Waals surface area contributed by atoms with Crippen molar-refractivity contribution in [3.05, 3.63) is 143 Å². The van der Waals surface area contributed by atoms with Gasteiger partial charge in [-0.2, -0.15) is 0 Å². The van der Waals surface area contributed by atoms with E-state index in [-0.39, 0.29) is 30.9 Å². The number of hydrogen-bond donors (Lipinski definition) is 0. The van der Waals surface area contributed by atoms with E-state index in [1.807, 2.05) is 42.6 Å². The van der Waals surface area contributed by atoms with Gasteiger partial charge in [0.2, 0.25) is 0 Å². The molecular weight excluding hydrogens is 713 g/mol. The number of hydrogen-bond acceptors (Lipinski definition) is 2. The van der Waals surface area contributed by atoms with Crippen LogP contribution in [0.3, 0.4) is 0 Å². The third-order valence-electron chi connectivity index (χ3n) is 8.50. The summed E-state index contributed by atoms with van der Waals surface area (Å²) in [5.74, 6) is 0. The molecule has 223 valence electrons. The Bertz CT molecular complexity index is 1920. The number of aryl methyl sites for hydroxylation is 2. The van der Waals surface area contributed by atoms with Gasteiger partial charge in [0.15, 0.2) is 0 Å². The van der Waals surface area contributed by atoms with E-state index in [9.17, 15) is 0 Å². The van der Waals surface area contributed by atoms with Crippen molar-refractivity contribution in [1.82, 2.24) is 9.97 Å². The first kappa shape index (κ1) is 31.5. The molecule has 7 rings (SSSR count). The van der Waals surface area contributed by atoms with Crippen LogP contribution in [0.2, 0.25) is 0 Å². The standard InChI is InChI=1S/C26H22N.C15H16N.Ir/c1-16-14-17(2)22-21(15-16)27-25(18-10-6-5-7-11-18)23-19-12-8-9-13-20(19)26(3,4)24(22)23;1-15(2,3)13-9-10-14(16-11-13)12-7-5-4-6-8-12;/h5-10,12-15H,1-4H3;4-7,9-11H,1-3H3;/q2*-1;. The second-order valence-corrected chi connectivity index (χ2v) is 13.1. The molecule has 0 spiro atoms. The van der Waals surface area contributed by atoms with Crippen LogP contribution in [0.5, 0.6) is 0 Å². The van der Waals surface area contributed by atoms with Gasteiger partial charge in [0.05, 0.1) is 5.52 Å². The van der Waals surface area contributed by atoms with Crippen LogP contribution in [0.25, 0.3) is 44.5 Å². The van der Waals surface area contributed by atoms with E-state index >= 15 is 0 Å². The van der Waals surface area contributed by atoms with E-state index in [0.29, 0.717) is 0 Å². The molecule has 0 fully saturated rings. The van der Waals surface area contributed by atoms with Crippen LogP contribution in [0.15, 0.2) is 103 Å². The molecule has 1 aliphatic carbocycles. The van der Waals surface area contributed by atoms with Gasteiger partial charge in [-0.3, -0.25) is 4.98 Å². The SMILES string of the molecule is CC(C)(C)c1ccc(-c2[c-]cccc2)nc1.Cc1cc(C)c2c3c(c(-c4[c-]cccc4)nc2c1)-c1ccccc1C3(C)C.[Ir]. The molecule has 1 aliphatic rings. The van der Waals surface area contributed by atoms with Gasteiger partial charge in [0, 0.05) is 37.1 Å². The third-order valence-corrected chi connectivity index (χ3v) is 8.50. The molecule has 0 amide bonds. The first-order chi connectivity index (χ1) is 20.6. The molecule has 0 aliphatic heterocycles. The maximum atomic E-state index is 5.17. The summed E-state index contributed by atoms with van der Waals surface area (Å²) in [6.07, 6.45) is 1.95. The van der Waals surface area contributed by atoms with Crippen molar-refractivity contribution in [3.8, 4) is 33.6 Å². The maximum absolute atomic E-state index is 5.17. The van der Waals surface area contributed by atoms with Crippen LogP contribution in [0.4, 0.5) is 0 Å². The summed E-state index contributed by atoms with van der Waals surface area (Å²) in [4.78, 5) is 9.66. The van der Waals surface area contributed by atoms with Crippen molar-refractivity contribution >= 4 is 10.9 Å². The van der Waals surface area contributed by atoms with E-state index in [1.165, 1.54) is 44.3 Å². The van der Waals surface area contributed by atoms with E-state index in [2.05, 4.69) is 126 Å². The van der Waals surface area contributed by atoms with Gasteiger partial charge in [-0.25, -0.2) is 0 Å². The minimum Gasteiger partial charge on any atom is -0.304 e. The number of fused-ring (bicyclic) bond motifs is 5. The largest absolute Gasteiger partial charge is 0.304 e. The van der Waals surface area contributed by atoms with Gasteiger partial charge < -0.3 is 4.98 Å². The predicted molar refractivity (Wildman–Crippen MR) is 180 cm³/mol. The normalized spacial score (nSPS) is 12.9. The number of aromatic nitrogens is 2. The smallest absolute Gasteiger partial charge is 0.0604 e. The zero-order valence-electron chi connectivity index (χ0n) is 26.5. The van der Waals surface area contributed by atoms with Crippen LogP contribution in [-0.4, -0.2) is 9.97 Å². The van der Waals surface area contributed by atoms with Crippen LogP contribution in [0, 0.1) is 26.0 Å². The van der Waals surface area contributed by atoms with Crippen molar-refractivity contribution in [2.75, 3.05) is 0 Å². The van der Waals surface area contributed by atoms with Crippen molar-refractivity contribution in [3.63, 3.8) is 0 Å². The number of nitrogens with zero attached hydrogens (tertiary/aromatic N) is 2. The summed E-state index contributed by atoms with van der Waals surface area (Å²) in [5.41, 5.74) is 14.5. The van der Waals surface area contributed by atoms with Gasteiger partial charge >= 0.3 is 0 Å². The Morgan fingerprint density at radius 1 is 0.750 bits per heavy atom. The van der Waals surface area contributed by atoms with Gasteiger partial charge in [-0.05, 0) is 75.7 Å². The molecule has 0 saturated heterocycles. The quantitative estimate of drug-likeness (QED) is 0.165. The minimum atomic E-state index is -0.0589. The molecule has 44 heavy (non-hydrogen) atoms. The molecular formula is C41H38IrN2-2. The summed E-state index contributed by atoms with van der Waals surface area (Å²) in [7, 11) is 0. The molecule has 1 radical (unpaired) electrons. The zero-order chi connectivity index (χ0) is 30.4. The summed E-state index contributed by atoms with van der Waals surface area (Å²) in [6.45, 7) is 15.6. The predicted octanol–water partition coefficient (Wildman–Crippen LogP) is 10.5. The molecule has 0 atom stereocenters. The number of rotatable bonds is 2. The molecule has 0 bridgehead atoms. The Labute approximate surface area is 276 Å². The first-order valence-electron chi connectivity index (χ1n) is 15.0. The van der Waals surface area contributed by atoms with E-state index < -0.39 is 0 Å². The van der Waals surface area contributed by atoms with Crippen molar-refractivity contribution < 1.29 is 20.1 Å². The Hall–Kier alpha value is -3.91. The Morgan fingerprint density at radius 3 is 2.02 bits per heavy atom. The van der Waals surface area contributed by atoms with E-state index in [1.54, 1.807) is 0 Å². The molecule has 2 heterocycles. The van der Waals surface area contributed by atoms with Crippen molar-refractivity contribution in [2.24, 2.45) is 0 Å². The molecule has 3 heteroatoms. The Morgan fingerprint density at radius 2 is 1.41 bits per heavy atom. The summed E-state index contributed by atoms with van der Waals surface area (Å²) in [6, 6.07) is 40.1. The van der Waals surface area contributed by atoms with Crippen LogP contribution in [0.1, 0.15) is 62.4 Å². The summed E-state index contributed by atoms with van der Waals surface area (Å²) < 4.78 is 0. The van der Waals surface area contributed by atoms with Crippen molar-refractivity contribution in [1.29, 1.82) is 0 Å². The van der Waals surface area contributed by atoms with E-state index in [0.717, 1.165) is 28.0 Å². The molecule has 0 N–H and O–H groups in total. The molecule has 2 aromatic heterocycles.